The summed E-state index contributed by atoms with van der Waals surface area (Å²) in [5.74, 6) is -0.422. The Labute approximate surface area is 347 Å². The number of unbranched alkanes of at least 4 members (excludes halogenated alkanes) is 22. The van der Waals surface area contributed by atoms with Gasteiger partial charge in [-0.25, -0.2) is 0 Å². The molecule has 0 aromatic heterocycles. The summed E-state index contributed by atoms with van der Waals surface area (Å²) in [6.07, 6.45) is 58.0. The molecule has 1 unspecified atom stereocenters. The fraction of sp³-hybridized carbons (Fsp3) is 0.765. The SMILES string of the molecule is CC/C=C\C/C=C\C/C=C\C/C=C\CCCCCCCOCC(COC(=O)CCCCCCC/C=C\CCCCCCCC)OC(=O)CCCCCCCCC. The van der Waals surface area contributed by atoms with Crippen molar-refractivity contribution in [1.82, 2.24) is 0 Å². The van der Waals surface area contributed by atoms with Gasteiger partial charge in [0.05, 0.1) is 6.61 Å². The number of rotatable bonds is 43. The first-order chi connectivity index (χ1) is 27.6. The Morgan fingerprint density at radius 1 is 0.411 bits per heavy atom. The van der Waals surface area contributed by atoms with E-state index in [2.05, 4.69) is 81.5 Å². The van der Waals surface area contributed by atoms with Crippen molar-refractivity contribution in [2.24, 2.45) is 0 Å². The predicted octanol–water partition coefficient (Wildman–Crippen LogP) is 15.8. The van der Waals surface area contributed by atoms with Crippen LogP contribution in [0.5, 0.6) is 0 Å². The van der Waals surface area contributed by atoms with E-state index in [0.717, 1.165) is 89.9 Å². The molecule has 0 radical (unpaired) electrons. The summed E-state index contributed by atoms with van der Waals surface area (Å²) in [4.78, 5) is 25.2. The Balaban J connectivity index is 4.19. The summed E-state index contributed by atoms with van der Waals surface area (Å²) in [5, 5.41) is 0. The number of allylic oxidation sites excluding steroid dienone is 10. The Kier molecular flexibility index (Phi) is 45.0. The molecule has 5 nitrogen and oxygen atoms in total. The first-order valence-corrected chi connectivity index (χ1v) is 23.8. The average Bonchev–Trinajstić information content (AvgIpc) is 3.20. The smallest absolute Gasteiger partial charge is 0.306 e. The van der Waals surface area contributed by atoms with Gasteiger partial charge in [0.15, 0.2) is 6.10 Å². The van der Waals surface area contributed by atoms with Crippen LogP contribution in [0.25, 0.3) is 0 Å². The second-order valence-corrected chi connectivity index (χ2v) is 15.6. The lowest BCUT2D eigenvalue weighted by atomic mass is 10.1. The maximum absolute atomic E-state index is 12.6. The van der Waals surface area contributed by atoms with Crippen LogP contribution in [-0.4, -0.2) is 37.9 Å². The molecule has 5 heteroatoms. The minimum atomic E-state index is -0.545. The van der Waals surface area contributed by atoms with Gasteiger partial charge < -0.3 is 14.2 Å². The Bertz CT molecular complexity index is 977. The van der Waals surface area contributed by atoms with Gasteiger partial charge in [0.1, 0.15) is 6.61 Å². The van der Waals surface area contributed by atoms with Crippen molar-refractivity contribution in [3.8, 4) is 0 Å². The molecule has 0 saturated heterocycles. The topological polar surface area (TPSA) is 61.8 Å². The van der Waals surface area contributed by atoms with E-state index >= 15 is 0 Å². The monoisotopic (exact) mass is 783 g/mol. The first-order valence-electron chi connectivity index (χ1n) is 23.8. The molecule has 0 aliphatic heterocycles. The molecule has 0 heterocycles. The molecular weight excluding hydrogens is 693 g/mol. The fourth-order valence-electron chi connectivity index (χ4n) is 6.49. The fourth-order valence-corrected chi connectivity index (χ4v) is 6.49. The summed E-state index contributed by atoms with van der Waals surface area (Å²) in [6.45, 7) is 7.63. The molecule has 0 aromatic rings. The third kappa shape index (κ3) is 44.3. The lowest BCUT2D eigenvalue weighted by Crippen LogP contribution is -2.30. The third-order valence-electron chi connectivity index (χ3n) is 10.0. The number of carbonyl (C=O) groups is 2. The van der Waals surface area contributed by atoms with Gasteiger partial charge in [-0.15, -0.1) is 0 Å². The minimum absolute atomic E-state index is 0.0734. The highest BCUT2D eigenvalue weighted by atomic mass is 16.6. The molecule has 0 saturated carbocycles. The lowest BCUT2D eigenvalue weighted by molar-refractivity contribution is -0.163. The van der Waals surface area contributed by atoms with Gasteiger partial charge in [0.2, 0.25) is 0 Å². The van der Waals surface area contributed by atoms with E-state index in [-0.39, 0.29) is 25.2 Å². The van der Waals surface area contributed by atoms with Gasteiger partial charge >= 0.3 is 11.9 Å². The molecule has 0 N–H and O–H groups in total. The molecule has 0 rings (SSSR count). The maximum Gasteiger partial charge on any atom is 0.306 e. The molecule has 0 bridgehead atoms. The maximum atomic E-state index is 12.6. The normalized spacial score (nSPS) is 12.7. The molecule has 0 amide bonds. The van der Waals surface area contributed by atoms with Crippen molar-refractivity contribution in [3.05, 3.63) is 60.8 Å². The van der Waals surface area contributed by atoms with Gasteiger partial charge in [0.25, 0.3) is 0 Å². The Morgan fingerprint density at radius 2 is 0.804 bits per heavy atom. The van der Waals surface area contributed by atoms with Crippen molar-refractivity contribution in [1.29, 1.82) is 0 Å². The van der Waals surface area contributed by atoms with Crippen molar-refractivity contribution in [2.45, 2.75) is 232 Å². The number of ether oxygens (including phenoxy) is 3. The van der Waals surface area contributed by atoms with Crippen LogP contribution < -0.4 is 0 Å². The number of hydrogen-bond donors (Lipinski definition) is 0. The van der Waals surface area contributed by atoms with Gasteiger partial charge in [0, 0.05) is 19.4 Å². The van der Waals surface area contributed by atoms with Crippen LogP contribution in [0, 0.1) is 0 Å². The van der Waals surface area contributed by atoms with Crippen LogP contribution in [0.1, 0.15) is 226 Å². The summed E-state index contributed by atoms with van der Waals surface area (Å²) in [6, 6.07) is 0. The molecule has 0 aliphatic carbocycles. The third-order valence-corrected chi connectivity index (χ3v) is 10.0. The minimum Gasteiger partial charge on any atom is -0.462 e. The van der Waals surface area contributed by atoms with Crippen molar-refractivity contribution >= 4 is 11.9 Å². The molecule has 0 spiro atoms. The Hall–Kier alpha value is -2.40. The van der Waals surface area contributed by atoms with E-state index in [9.17, 15) is 9.59 Å². The van der Waals surface area contributed by atoms with Crippen LogP contribution in [0.15, 0.2) is 60.8 Å². The van der Waals surface area contributed by atoms with E-state index < -0.39 is 6.10 Å². The number of esters is 2. The van der Waals surface area contributed by atoms with Crippen LogP contribution >= 0.6 is 0 Å². The number of carbonyl (C=O) groups excluding carboxylic acids is 2. The highest BCUT2D eigenvalue weighted by Gasteiger charge is 2.17. The van der Waals surface area contributed by atoms with Crippen LogP contribution in [0.3, 0.4) is 0 Å². The quantitative estimate of drug-likeness (QED) is 0.0350. The van der Waals surface area contributed by atoms with Crippen LogP contribution in [0.4, 0.5) is 0 Å². The summed E-state index contributed by atoms with van der Waals surface area (Å²) >= 11 is 0. The van der Waals surface area contributed by atoms with Gasteiger partial charge in [-0.1, -0.05) is 191 Å². The van der Waals surface area contributed by atoms with Crippen LogP contribution in [-0.2, 0) is 23.8 Å². The van der Waals surface area contributed by atoms with Gasteiger partial charge in [-0.3, -0.25) is 9.59 Å². The van der Waals surface area contributed by atoms with E-state index in [1.165, 1.54) is 103 Å². The molecule has 324 valence electrons. The molecule has 1 atom stereocenters. The zero-order chi connectivity index (χ0) is 40.7. The summed E-state index contributed by atoms with van der Waals surface area (Å²) in [5.41, 5.74) is 0. The zero-order valence-corrected chi connectivity index (χ0v) is 37.1. The Morgan fingerprint density at radius 3 is 1.30 bits per heavy atom. The average molecular weight is 783 g/mol. The van der Waals surface area contributed by atoms with Crippen molar-refractivity contribution in [3.63, 3.8) is 0 Å². The highest BCUT2D eigenvalue weighted by molar-refractivity contribution is 5.70. The highest BCUT2D eigenvalue weighted by Crippen LogP contribution is 2.13. The van der Waals surface area contributed by atoms with E-state index in [0.29, 0.717) is 19.4 Å². The zero-order valence-electron chi connectivity index (χ0n) is 37.1. The predicted molar refractivity (Wildman–Crippen MR) is 242 cm³/mol. The molecular formula is C51H90O5. The van der Waals surface area contributed by atoms with E-state index in [1.807, 2.05) is 0 Å². The summed E-state index contributed by atoms with van der Waals surface area (Å²) < 4.78 is 17.3. The van der Waals surface area contributed by atoms with Crippen LogP contribution in [0.2, 0.25) is 0 Å². The molecule has 56 heavy (non-hydrogen) atoms. The second kappa shape index (κ2) is 47.0. The van der Waals surface area contributed by atoms with E-state index in [1.54, 1.807) is 0 Å². The van der Waals surface area contributed by atoms with Gasteiger partial charge in [-0.05, 0) is 83.5 Å². The molecule has 0 aliphatic rings. The first kappa shape index (κ1) is 53.6. The lowest BCUT2D eigenvalue weighted by Gasteiger charge is -2.18. The second-order valence-electron chi connectivity index (χ2n) is 15.6. The van der Waals surface area contributed by atoms with E-state index in [4.69, 9.17) is 14.2 Å². The van der Waals surface area contributed by atoms with Crippen molar-refractivity contribution in [2.75, 3.05) is 19.8 Å². The van der Waals surface area contributed by atoms with Crippen molar-refractivity contribution < 1.29 is 23.8 Å². The molecule has 0 fully saturated rings. The standard InChI is InChI=1S/C51H90O5/c1-4-7-10-13-16-18-20-22-24-25-26-28-30-32-34-37-40-43-46-54-47-49(56-51(53)45-42-39-35-15-12-9-6-3)48-55-50(52)44-41-38-36-33-31-29-27-23-21-19-17-14-11-8-5-2/h7,10,16,18,22-24,26-28,49H,4-6,8-9,11-15,17,19-21,25,29-48H2,1-3H3/b10-7-,18-16-,24-22-,27-23-,28-26-. The van der Waals surface area contributed by atoms with Gasteiger partial charge in [-0.2, -0.15) is 0 Å². The largest absolute Gasteiger partial charge is 0.462 e. The molecule has 0 aromatic carbocycles. The summed E-state index contributed by atoms with van der Waals surface area (Å²) in [7, 11) is 0. The number of hydrogen-bond acceptors (Lipinski definition) is 5.